The number of fused-ring (bicyclic) bond motifs is 2. The zero-order valence-corrected chi connectivity index (χ0v) is 23.6. The van der Waals surface area contributed by atoms with E-state index in [0.717, 1.165) is 40.1 Å². The van der Waals surface area contributed by atoms with Crippen molar-refractivity contribution >= 4 is 86.3 Å². The van der Waals surface area contributed by atoms with Gasteiger partial charge >= 0.3 is 0 Å². The molecule has 0 aliphatic heterocycles. The van der Waals surface area contributed by atoms with E-state index >= 15 is 0 Å². The van der Waals surface area contributed by atoms with Gasteiger partial charge in [0.15, 0.2) is 11.6 Å². The molecule has 2 unspecified atom stereocenters. The predicted octanol–water partition coefficient (Wildman–Crippen LogP) is 6.45. The molecule has 2 heterocycles. The number of carbonyl (C=O) groups is 2. The summed E-state index contributed by atoms with van der Waals surface area (Å²) in [5.41, 5.74) is 1.48. The van der Waals surface area contributed by atoms with Crippen molar-refractivity contribution in [1.82, 2.24) is 10.6 Å². The lowest BCUT2D eigenvalue weighted by atomic mass is 10.0. The Balaban J connectivity index is 1.39. The fourth-order valence-corrected chi connectivity index (χ4v) is 6.80. The van der Waals surface area contributed by atoms with Gasteiger partial charge in [-0.25, -0.2) is 0 Å². The highest BCUT2D eigenvalue weighted by atomic mass is 79.9. The van der Waals surface area contributed by atoms with E-state index in [-0.39, 0.29) is 23.7 Å². The largest absolute Gasteiger partial charge is 0.310 e. The number of hydrogen-bond donors (Lipinski definition) is 2. The monoisotopic (exact) mass is 620 g/mol. The number of halogens is 2. The number of likely N-dealkylation sites (N-methyl/N-ethyl adjacent to an activating group) is 1. The Morgan fingerprint density at radius 3 is 2.32 bits per heavy atom. The first kappa shape index (κ1) is 25.7. The van der Waals surface area contributed by atoms with E-state index in [0.29, 0.717) is 11.9 Å². The average molecular weight is 622 g/mol. The summed E-state index contributed by atoms with van der Waals surface area (Å²) in [7, 11) is 1.82. The summed E-state index contributed by atoms with van der Waals surface area (Å²) in [5, 5.41) is 12.1. The molecule has 4 nitrogen and oxygen atoms in total. The number of alkyl halides is 2. The summed E-state index contributed by atoms with van der Waals surface area (Å²) in [6.07, 6.45) is 1.58. The molecule has 0 spiro atoms. The van der Waals surface area contributed by atoms with Crippen molar-refractivity contribution in [2.45, 2.75) is 24.9 Å². The molecule has 4 rings (SSSR count). The third kappa shape index (κ3) is 5.86. The molecular weight excluding hydrogens is 596 g/mol. The van der Waals surface area contributed by atoms with Crippen LogP contribution in [-0.2, 0) is 6.42 Å². The van der Waals surface area contributed by atoms with Crippen molar-refractivity contribution in [3.63, 3.8) is 0 Å². The average Bonchev–Trinajstić information content (AvgIpc) is 3.49. The van der Waals surface area contributed by atoms with Crippen LogP contribution in [0, 0.1) is 0 Å². The lowest BCUT2D eigenvalue weighted by Gasteiger charge is -2.15. The molecule has 0 bridgehead atoms. The standard InChI is InChI=1S/C26H26Br2N2O2S2/c1-29-21(6-9-27)25(31)18-3-5-24-19(13-18)14-20(34-24)7-10-30-22(15-28)26(32)17-2-4-23-16(12-17)8-11-33-23/h2-5,8,11-14,21-22,29-30H,6-7,9-10,15H2,1H3. The topological polar surface area (TPSA) is 58.2 Å². The number of carbonyl (C=O) groups excluding carboxylic acids is 2. The molecule has 0 aliphatic rings. The second kappa shape index (κ2) is 12.0. The van der Waals surface area contributed by atoms with Gasteiger partial charge < -0.3 is 10.6 Å². The first-order valence-electron chi connectivity index (χ1n) is 11.1. The molecule has 0 fully saturated rings. The van der Waals surface area contributed by atoms with Gasteiger partial charge in [-0.05, 0) is 84.6 Å². The molecule has 2 N–H and O–H groups in total. The fourth-order valence-electron chi connectivity index (χ4n) is 4.00. The maximum Gasteiger partial charge on any atom is 0.180 e. The first-order chi connectivity index (χ1) is 16.5. The molecule has 4 aromatic rings. The maximum absolute atomic E-state index is 13.0. The summed E-state index contributed by atoms with van der Waals surface area (Å²) < 4.78 is 2.37. The minimum atomic E-state index is -0.275. The number of nitrogens with one attached hydrogen (secondary N) is 2. The van der Waals surface area contributed by atoms with Crippen LogP contribution in [-0.4, -0.2) is 47.9 Å². The number of ketones is 2. The maximum atomic E-state index is 13.0. The molecule has 0 aliphatic carbocycles. The number of thiophene rings is 2. The van der Waals surface area contributed by atoms with Crippen LogP contribution in [0.3, 0.4) is 0 Å². The van der Waals surface area contributed by atoms with E-state index in [2.05, 4.69) is 54.6 Å². The number of rotatable bonds is 12. The summed E-state index contributed by atoms with van der Waals surface area (Å²) in [4.78, 5) is 27.1. The van der Waals surface area contributed by atoms with Gasteiger partial charge in [-0.3, -0.25) is 9.59 Å². The van der Waals surface area contributed by atoms with Crippen LogP contribution in [0.25, 0.3) is 20.2 Å². The summed E-state index contributed by atoms with van der Waals surface area (Å²) in [5.74, 6) is 0.226. The third-order valence-electron chi connectivity index (χ3n) is 5.88. The van der Waals surface area contributed by atoms with Gasteiger partial charge in [-0.2, -0.15) is 0 Å². The van der Waals surface area contributed by atoms with E-state index in [9.17, 15) is 9.59 Å². The van der Waals surface area contributed by atoms with Gasteiger partial charge in [-0.15, -0.1) is 22.7 Å². The molecular formula is C26H26Br2N2O2S2. The summed E-state index contributed by atoms with van der Waals surface area (Å²) >= 11 is 10.3. The molecule has 8 heteroatoms. The van der Waals surface area contributed by atoms with Crippen LogP contribution in [0.4, 0.5) is 0 Å². The predicted molar refractivity (Wildman–Crippen MR) is 153 cm³/mol. The van der Waals surface area contributed by atoms with Gasteiger partial charge in [0.05, 0.1) is 12.1 Å². The van der Waals surface area contributed by atoms with E-state index in [1.165, 1.54) is 14.3 Å². The Morgan fingerprint density at radius 2 is 1.62 bits per heavy atom. The summed E-state index contributed by atoms with van der Waals surface area (Å²) in [6, 6.07) is 15.6. The summed E-state index contributed by atoms with van der Waals surface area (Å²) in [6.45, 7) is 0.703. The Kier molecular flexibility index (Phi) is 9.07. The molecule has 34 heavy (non-hydrogen) atoms. The van der Waals surface area contributed by atoms with Crippen LogP contribution in [0.5, 0.6) is 0 Å². The van der Waals surface area contributed by atoms with Crippen LogP contribution in [0.15, 0.2) is 53.9 Å². The van der Waals surface area contributed by atoms with Crippen LogP contribution in [0.1, 0.15) is 32.0 Å². The zero-order valence-electron chi connectivity index (χ0n) is 18.8. The van der Waals surface area contributed by atoms with E-state index in [4.69, 9.17) is 0 Å². The Bertz CT molecular complexity index is 1300. The van der Waals surface area contributed by atoms with E-state index < -0.39 is 0 Å². The SMILES string of the molecule is CNC(CCBr)C(=O)c1ccc2sc(CCNC(CBr)C(=O)c3ccc4sccc4c3)cc2c1. The molecule has 2 atom stereocenters. The second-order valence-electron chi connectivity index (χ2n) is 8.10. The van der Waals surface area contributed by atoms with Gasteiger partial charge in [0.25, 0.3) is 0 Å². The van der Waals surface area contributed by atoms with Gasteiger partial charge in [0, 0.05) is 42.6 Å². The minimum absolute atomic E-state index is 0.104. The van der Waals surface area contributed by atoms with Gasteiger partial charge in [0.1, 0.15) is 0 Å². The van der Waals surface area contributed by atoms with Crippen molar-refractivity contribution in [3.8, 4) is 0 Å². The van der Waals surface area contributed by atoms with Crippen LogP contribution >= 0.6 is 54.5 Å². The highest BCUT2D eigenvalue weighted by Gasteiger charge is 2.20. The normalized spacial score (nSPS) is 13.4. The van der Waals surface area contributed by atoms with Gasteiger partial charge in [0.2, 0.25) is 0 Å². The highest BCUT2D eigenvalue weighted by Crippen LogP contribution is 2.28. The van der Waals surface area contributed by atoms with Crippen molar-refractivity contribution < 1.29 is 9.59 Å². The quantitative estimate of drug-likeness (QED) is 0.141. The lowest BCUT2D eigenvalue weighted by Crippen LogP contribution is -2.39. The lowest BCUT2D eigenvalue weighted by molar-refractivity contribution is 0.0941. The number of hydrogen-bond acceptors (Lipinski definition) is 6. The van der Waals surface area contributed by atoms with E-state index in [1.54, 1.807) is 22.7 Å². The Labute approximate surface area is 224 Å². The molecule has 0 saturated heterocycles. The van der Waals surface area contributed by atoms with Crippen molar-refractivity contribution in [3.05, 3.63) is 69.9 Å². The highest BCUT2D eigenvalue weighted by molar-refractivity contribution is 9.09. The number of benzene rings is 2. The zero-order chi connectivity index (χ0) is 24.1. The Morgan fingerprint density at radius 1 is 0.912 bits per heavy atom. The Hall–Kier alpha value is -1.42. The number of Topliss-reactive ketones (excluding diaryl/α,β-unsaturated/α-hetero) is 2. The molecule has 178 valence electrons. The van der Waals surface area contributed by atoms with Crippen LogP contribution < -0.4 is 10.6 Å². The minimum Gasteiger partial charge on any atom is -0.310 e. The molecule has 2 aromatic carbocycles. The molecule has 0 radical (unpaired) electrons. The van der Waals surface area contributed by atoms with Crippen molar-refractivity contribution in [2.24, 2.45) is 0 Å². The van der Waals surface area contributed by atoms with E-state index in [1.807, 2.05) is 48.8 Å². The fraction of sp³-hybridized carbons (Fsp3) is 0.308. The van der Waals surface area contributed by atoms with Crippen LogP contribution in [0.2, 0.25) is 0 Å². The van der Waals surface area contributed by atoms with Crippen molar-refractivity contribution in [2.75, 3.05) is 24.3 Å². The molecule has 2 aromatic heterocycles. The second-order valence-corrected chi connectivity index (χ2v) is 11.7. The van der Waals surface area contributed by atoms with Crippen molar-refractivity contribution in [1.29, 1.82) is 0 Å². The smallest absolute Gasteiger partial charge is 0.180 e. The third-order valence-corrected chi connectivity index (χ3v) is 9.06. The van der Waals surface area contributed by atoms with Gasteiger partial charge in [-0.1, -0.05) is 31.9 Å². The molecule has 0 saturated carbocycles. The first-order valence-corrected chi connectivity index (χ1v) is 15.1. The molecule has 0 amide bonds.